The molecule has 1 atom stereocenters. The Morgan fingerprint density at radius 1 is 1.32 bits per heavy atom. The molecule has 1 aliphatic heterocycles. The van der Waals surface area contributed by atoms with Crippen LogP contribution in [-0.4, -0.2) is 32.5 Å². The van der Waals surface area contributed by atoms with Crippen molar-refractivity contribution in [3.05, 3.63) is 29.8 Å². The van der Waals surface area contributed by atoms with Gasteiger partial charge in [-0.1, -0.05) is 12.1 Å². The maximum Gasteiger partial charge on any atom is 0.240 e. The Kier molecular flexibility index (Phi) is 5.27. The average molecular weight is 300 g/mol. The lowest BCUT2D eigenvalue weighted by Gasteiger charge is -2.11. The Morgan fingerprint density at radius 2 is 2.05 bits per heavy atom. The third-order valence-electron chi connectivity index (χ3n) is 3.19. The number of nitrogens with one attached hydrogen (secondary N) is 1. The van der Waals surface area contributed by atoms with E-state index in [9.17, 15) is 8.42 Å². The number of nitrogens with two attached hydrogens (primary N) is 1. The summed E-state index contributed by atoms with van der Waals surface area (Å²) in [5.74, 6) is 1.14. The number of rotatable bonds is 6. The summed E-state index contributed by atoms with van der Waals surface area (Å²) in [6, 6.07) is 6.95. The van der Waals surface area contributed by atoms with E-state index in [4.69, 9.17) is 5.73 Å². The molecule has 0 aliphatic carbocycles. The van der Waals surface area contributed by atoms with Crippen LogP contribution in [0.4, 0.5) is 0 Å². The van der Waals surface area contributed by atoms with Crippen LogP contribution in [0.3, 0.4) is 0 Å². The smallest absolute Gasteiger partial charge is 0.240 e. The maximum absolute atomic E-state index is 12.1. The molecule has 3 N–H and O–H groups in total. The van der Waals surface area contributed by atoms with Crippen LogP contribution in [0, 0.1) is 0 Å². The molecule has 6 heteroatoms. The van der Waals surface area contributed by atoms with Gasteiger partial charge in [-0.05, 0) is 49.3 Å². The van der Waals surface area contributed by atoms with Gasteiger partial charge in [-0.25, -0.2) is 13.1 Å². The van der Waals surface area contributed by atoms with Gasteiger partial charge in [0, 0.05) is 11.8 Å². The molecule has 0 amide bonds. The molecular weight excluding hydrogens is 280 g/mol. The van der Waals surface area contributed by atoms with Crippen LogP contribution in [0.2, 0.25) is 0 Å². The van der Waals surface area contributed by atoms with E-state index in [2.05, 4.69) is 4.72 Å². The van der Waals surface area contributed by atoms with Gasteiger partial charge in [0.15, 0.2) is 0 Å². The van der Waals surface area contributed by atoms with Gasteiger partial charge in [0.25, 0.3) is 0 Å². The molecule has 1 heterocycles. The van der Waals surface area contributed by atoms with Crippen molar-refractivity contribution in [2.24, 2.45) is 5.73 Å². The van der Waals surface area contributed by atoms with Crippen molar-refractivity contribution < 1.29 is 8.42 Å². The first-order chi connectivity index (χ1) is 9.12. The average Bonchev–Trinajstić information content (AvgIpc) is 2.91. The Bertz CT molecular complexity index is 494. The van der Waals surface area contributed by atoms with Crippen LogP contribution in [-0.2, 0) is 16.4 Å². The molecule has 2 rings (SSSR count). The van der Waals surface area contributed by atoms with E-state index in [1.807, 2.05) is 23.9 Å². The molecule has 0 bridgehead atoms. The summed E-state index contributed by atoms with van der Waals surface area (Å²) in [7, 11) is -3.37. The SMILES string of the molecule is NCCc1ccc(S(=O)(=O)NCC2CCCS2)cc1. The molecular formula is C13H20N2O2S2. The largest absolute Gasteiger partial charge is 0.330 e. The summed E-state index contributed by atoms with van der Waals surface area (Å²) in [5, 5.41) is 0.422. The van der Waals surface area contributed by atoms with Crippen molar-refractivity contribution >= 4 is 21.8 Å². The number of benzene rings is 1. The molecule has 0 radical (unpaired) electrons. The van der Waals surface area contributed by atoms with Gasteiger partial charge in [-0.2, -0.15) is 11.8 Å². The maximum atomic E-state index is 12.1. The zero-order valence-corrected chi connectivity index (χ0v) is 12.5. The highest BCUT2D eigenvalue weighted by Crippen LogP contribution is 2.25. The van der Waals surface area contributed by atoms with Gasteiger partial charge < -0.3 is 5.73 Å². The number of hydrogen-bond donors (Lipinski definition) is 2. The van der Waals surface area contributed by atoms with E-state index in [1.54, 1.807) is 12.1 Å². The van der Waals surface area contributed by atoms with Crippen LogP contribution in [0.15, 0.2) is 29.2 Å². The highest BCUT2D eigenvalue weighted by molar-refractivity contribution is 8.00. The zero-order valence-electron chi connectivity index (χ0n) is 10.8. The molecule has 0 saturated carbocycles. The summed E-state index contributed by atoms with van der Waals surface area (Å²) in [4.78, 5) is 0.330. The van der Waals surface area contributed by atoms with E-state index in [-0.39, 0.29) is 0 Å². The van der Waals surface area contributed by atoms with Gasteiger partial charge in [-0.15, -0.1) is 0 Å². The van der Waals surface area contributed by atoms with E-state index < -0.39 is 10.0 Å². The minimum atomic E-state index is -3.37. The molecule has 1 fully saturated rings. The lowest BCUT2D eigenvalue weighted by atomic mass is 10.2. The van der Waals surface area contributed by atoms with E-state index >= 15 is 0 Å². The fourth-order valence-corrected chi connectivity index (χ4v) is 4.48. The molecule has 1 aliphatic rings. The van der Waals surface area contributed by atoms with Crippen molar-refractivity contribution in [3.8, 4) is 0 Å². The van der Waals surface area contributed by atoms with E-state index in [0.717, 1.165) is 24.2 Å². The fourth-order valence-electron chi connectivity index (χ4n) is 2.09. The minimum absolute atomic E-state index is 0.330. The third-order valence-corrected chi connectivity index (χ3v) is 6.03. The van der Waals surface area contributed by atoms with Crippen LogP contribution >= 0.6 is 11.8 Å². The molecule has 19 heavy (non-hydrogen) atoms. The van der Waals surface area contributed by atoms with Crippen molar-refractivity contribution in [1.29, 1.82) is 0 Å². The summed E-state index contributed by atoms with van der Waals surface area (Å²) >= 11 is 1.85. The topological polar surface area (TPSA) is 72.2 Å². The fraction of sp³-hybridized carbons (Fsp3) is 0.538. The number of hydrogen-bond acceptors (Lipinski definition) is 4. The second-order valence-electron chi connectivity index (χ2n) is 4.67. The molecule has 1 unspecified atom stereocenters. The van der Waals surface area contributed by atoms with Crippen LogP contribution in [0.25, 0.3) is 0 Å². The Labute approximate surface area is 119 Å². The minimum Gasteiger partial charge on any atom is -0.330 e. The number of sulfonamides is 1. The highest BCUT2D eigenvalue weighted by Gasteiger charge is 2.19. The van der Waals surface area contributed by atoms with Crippen LogP contribution in [0.5, 0.6) is 0 Å². The normalized spacial score (nSPS) is 19.7. The van der Waals surface area contributed by atoms with Gasteiger partial charge in [-0.3, -0.25) is 0 Å². The number of thioether (sulfide) groups is 1. The first kappa shape index (κ1) is 14.8. The van der Waals surface area contributed by atoms with Crippen LogP contribution < -0.4 is 10.5 Å². The standard InChI is InChI=1S/C13H20N2O2S2/c14-8-7-11-3-5-13(6-4-11)19(16,17)15-10-12-2-1-9-18-12/h3-6,12,15H,1-2,7-10,14H2. The molecule has 1 aromatic rings. The van der Waals surface area contributed by atoms with Crippen molar-refractivity contribution in [2.45, 2.75) is 29.4 Å². The Hall–Kier alpha value is -0.560. The van der Waals surface area contributed by atoms with Gasteiger partial charge in [0.1, 0.15) is 0 Å². The first-order valence-corrected chi connectivity index (χ1v) is 9.05. The Morgan fingerprint density at radius 3 is 2.63 bits per heavy atom. The summed E-state index contributed by atoms with van der Waals surface area (Å²) < 4.78 is 26.9. The lowest BCUT2D eigenvalue weighted by molar-refractivity contribution is 0.579. The molecule has 0 aromatic heterocycles. The first-order valence-electron chi connectivity index (χ1n) is 6.52. The third kappa shape index (κ3) is 4.21. The molecule has 106 valence electrons. The predicted octanol–water partition coefficient (Wildman–Crippen LogP) is 1.36. The molecule has 4 nitrogen and oxygen atoms in total. The second kappa shape index (κ2) is 6.74. The monoisotopic (exact) mass is 300 g/mol. The van der Waals surface area contributed by atoms with E-state index in [1.165, 1.54) is 6.42 Å². The van der Waals surface area contributed by atoms with Gasteiger partial charge in [0.05, 0.1) is 4.90 Å². The van der Waals surface area contributed by atoms with Crippen molar-refractivity contribution in [3.63, 3.8) is 0 Å². The highest BCUT2D eigenvalue weighted by atomic mass is 32.2. The molecule has 0 spiro atoms. The van der Waals surface area contributed by atoms with E-state index in [0.29, 0.717) is 23.2 Å². The molecule has 1 saturated heterocycles. The summed E-state index contributed by atoms with van der Waals surface area (Å²) in [6.07, 6.45) is 3.06. The zero-order chi connectivity index (χ0) is 13.7. The summed E-state index contributed by atoms with van der Waals surface area (Å²) in [6.45, 7) is 1.10. The second-order valence-corrected chi connectivity index (χ2v) is 7.84. The predicted molar refractivity (Wildman–Crippen MR) is 79.9 cm³/mol. The Balaban J connectivity index is 1.97. The van der Waals surface area contributed by atoms with Gasteiger partial charge >= 0.3 is 0 Å². The molecule has 1 aromatic carbocycles. The van der Waals surface area contributed by atoms with Crippen LogP contribution in [0.1, 0.15) is 18.4 Å². The van der Waals surface area contributed by atoms with Gasteiger partial charge in [0.2, 0.25) is 10.0 Å². The summed E-state index contributed by atoms with van der Waals surface area (Å²) in [5.41, 5.74) is 6.53. The van der Waals surface area contributed by atoms with Crippen molar-refractivity contribution in [2.75, 3.05) is 18.8 Å². The lowest BCUT2D eigenvalue weighted by Crippen LogP contribution is -2.29. The quantitative estimate of drug-likeness (QED) is 0.832. The van der Waals surface area contributed by atoms with Crippen molar-refractivity contribution in [1.82, 2.24) is 4.72 Å².